The number of aryl methyl sites for hydroxylation is 1. The third-order valence-corrected chi connectivity index (χ3v) is 3.34. The Kier molecular flexibility index (Phi) is 7.48. The van der Waals surface area contributed by atoms with Crippen molar-refractivity contribution in [2.45, 2.75) is 78.0 Å². The third kappa shape index (κ3) is 9.30. The van der Waals surface area contributed by atoms with Crippen LogP contribution in [0.15, 0.2) is 24.3 Å². The number of rotatable bonds is 7. The highest BCUT2D eigenvalue weighted by atomic mass is 16.6. The Hall–Kier alpha value is -2.24. The Balaban J connectivity index is 2.50. The van der Waals surface area contributed by atoms with Crippen LogP contribution in [-0.4, -0.2) is 29.2 Å². The number of alkyl carbamates (subject to hydrolysis) is 1. The summed E-state index contributed by atoms with van der Waals surface area (Å²) in [6.45, 7) is 11.3. The minimum atomic E-state index is -0.742. The molecule has 0 unspecified atom stereocenters. The summed E-state index contributed by atoms with van der Waals surface area (Å²) in [6.07, 6.45) is 1.30. The fourth-order valence-electron chi connectivity index (χ4n) is 2.32. The lowest BCUT2D eigenvalue weighted by molar-refractivity contribution is -0.120. The van der Waals surface area contributed by atoms with Gasteiger partial charge < -0.3 is 20.5 Å². The summed E-state index contributed by atoms with van der Waals surface area (Å²) in [5.41, 5.74) is 5.66. The maximum absolute atomic E-state index is 11.8. The van der Waals surface area contributed by atoms with E-state index in [9.17, 15) is 9.59 Å². The van der Waals surface area contributed by atoms with E-state index >= 15 is 0 Å². The molecule has 0 radical (unpaired) electrons. The highest BCUT2D eigenvalue weighted by molar-refractivity contribution is 5.84. The van der Waals surface area contributed by atoms with Crippen molar-refractivity contribution in [3.63, 3.8) is 0 Å². The summed E-state index contributed by atoms with van der Waals surface area (Å²) in [6, 6.07) is 7.13. The van der Waals surface area contributed by atoms with Gasteiger partial charge in [-0.05, 0) is 78.5 Å². The zero-order valence-corrected chi connectivity index (χ0v) is 16.7. The second-order valence-corrected chi connectivity index (χ2v) is 8.35. The molecule has 6 heteroatoms. The lowest BCUT2D eigenvalue weighted by Gasteiger charge is -2.22. The van der Waals surface area contributed by atoms with Gasteiger partial charge in [0.2, 0.25) is 5.91 Å². The Morgan fingerprint density at radius 2 is 1.62 bits per heavy atom. The van der Waals surface area contributed by atoms with Gasteiger partial charge in [-0.2, -0.15) is 0 Å². The Morgan fingerprint density at radius 1 is 1.04 bits per heavy atom. The Bertz CT molecular complexity index is 598. The maximum Gasteiger partial charge on any atom is 0.408 e. The van der Waals surface area contributed by atoms with Crippen LogP contribution in [0.5, 0.6) is 5.75 Å². The molecular weight excluding hydrogens is 332 g/mol. The van der Waals surface area contributed by atoms with Crippen LogP contribution in [-0.2, 0) is 16.0 Å². The van der Waals surface area contributed by atoms with Crippen molar-refractivity contribution >= 4 is 12.0 Å². The highest BCUT2D eigenvalue weighted by Gasteiger charge is 2.22. The number of amides is 2. The van der Waals surface area contributed by atoms with Crippen LogP contribution in [0.25, 0.3) is 0 Å². The van der Waals surface area contributed by atoms with Gasteiger partial charge in [0.25, 0.3) is 0 Å². The number of nitrogens with one attached hydrogen (secondary N) is 1. The van der Waals surface area contributed by atoms with Crippen molar-refractivity contribution in [2.75, 3.05) is 0 Å². The van der Waals surface area contributed by atoms with Gasteiger partial charge in [0.1, 0.15) is 23.0 Å². The molecule has 3 N–H and O–H groups in total. The maximum atomic E-state index is 11.8. The SMILES string of the molecule is CC(C)(C)OC(=O)N[C@H](CCCc1ccc(OC(C)(C)C)cc1)C(N)=O. The smallest absolute Gasteiger partial charge is 0.408 e. The van der Waals surface area contributed by atoms with Crippen LogP contribution >= 0.6 is 0 Å². The third-order valence-electron chi connectivity index (χ3n) is 3.34. The van der Waals surface area contributed by atoms with Crippen molar-refractivity contribution in [3.05, 3.63) is 29.8 Å². The first-order chi connectivity index (χ1) is 11.9. The zero-order chi connectivity index (χ0) is 20.0. The number of hydrogen-bond donors (Lipinski definition) is 2. The first-order valence-electron chi connectivity index (χ1n) is 8.92. The van der Waals surface area contributed by atoms with Crippen LogP contribution in [0.2, 0.25) is 0 Å². The first kappa shape index (κ1) is 21.8. The molecule has 1 aromatic carbocycles. The second kappa shape index (κ2) is 8.92. The van der Waals surface area contributed by atoms with Crippen molar-refractivity contribution < 1.29 is 19.1 Å². The van der Waals surface area contributed by atoms with Gasteiger partial charge in [0.05, 0.1) is 0 Å². The molecule has 1 atom stereocenters. The summed E-state index contributed by atoms with van der Waals surface area (Å²) in [5, 5.41) is 2.54. The Labute approximate surface area is 156 Å². The van der Waals surface area contributed by atoms with E-state index in [-0.39, 0.29) is 5.60 Å². The molecule has 0 saturated carbocycles. The molecule has 146 valence electrons. The van der Waals surface area contributed by atoms with Crippen LogP contribution in [0, 0.1) is 0 Å². The van der Waals surface area contributed by atoms with E-state index in [0.29, 0.717) is 12.8 Å². The van der Waals surface area contributed by atoms with E-state index in [1.807, 2.05) is 45.0 Å². The molecule has 0 aliphatic carbocycles. The Morgan fingerprint density at radius 3 is 2.08 bits per heavy atom. The van der Waals surface area contributed by atoms with Gasteiger partial charge in [-0.1, -0.05) is 12.1 Å². The molecule has 0 aliphatic heterocycles. The van der Waals surface area contributed by atoms with Gasteiger partial charge in [0, 0.05) is 0 Å². The molecule has 6 nitrogen and oxygen atoms in total. The van der Waals surface area contributed by atoms with Gasteiger partial charge in [-0.15, -0.1) is 0 Å². The van der Waals surface area contributed by atoms with Crippen LogP contribution in [0.1, 0.15) is 59.9 Å². The summed E-state index contributed by atoms with van der Waals surface area (Å²) < 4.78 is 11.0. The molecule has 1 aromatic rings. The number of carbonyl (C=O) groups is 2. The van der Waals surface area contributed by atoms with Crippen molar-refractivity contribution in [1.82, 2.24) is 5.32 Å². The zero-order valence-electron chi connectivity index (χ0n) is 16.7. The number of hydrogen-bond acceptors (Lipinski definition) is 4. The van der Waals surface area contributed by atoms with E-state index in [0.717, 1.165) is 17.7 Å². The van der Waals surface area contributed by atoms with E-state index in [2.05, 4.69) is 5.32 Å². The molecule has 0 spiro atoms. The predicted molar refractivity (Wildman–Crippen MR) is 102 cm³/mol. The minimum absolute atomic E-state index is 0.233. The lowest BCUT2D eigenvalue weighted by Crippen LogP contribution is -2.46. The largest absolute Gasteiger partial charge is 0.488 e. The number of nitrogens with two attached hydrogens (primary N) is 1. The highest BCUT2D eigenvalue weighted by Crippen LogP contribution is 2.19. The molecule has 0 aromatic heterocycles. The molecule has 0 saturated heterocycles. The summed E-state index contributed by atoms with van der Waals surface area (Å²) in [5.74, 6) is 0.257. The molecule has 0 aliphatic rings. The molecule has 26 heavy (non-hydrogen) atoms. The summed E-state index contributed by atoms with van der Waals surface area (Å²) in [7, 11) is 0. The van der Waals surface area contributed by atoms with Gasteiger partial charge in [0.15, 0.2) is 0 Å². The van der Waals surface area contributed by atoms with Gasteiger partial charge in [-0.25, -0.2) is 4.79 Å². The topological polar surface area (TPSA) is 90.7 Å². The molecule has 2 amide bonds. The molecule has 1 rings (SSSR count). The number of primary amides is 1. The lowest BCUT2D eigenvalue weighted by atomic mass is 10.0. The molecule has 0 bridgehead atoms. The van der Waals surface area contributed by atoms with E-state index < -0.39 is 23.6 Å². The van der Waals surface area contributed by atoms with Crippen molar-refractivity contribution in [1.29, 1.82) is 0 Å². The second-order valence-electron chi connectivity index (χ2n) is 8.35. The molecular formula is C20H32N2O4. The summed E-state index contributed by atoms with van der Waals surface area (Å²) in [4.78, 5) is 23.4. The fourth-order valence-corrected chi connectivity index (χ4v) is 2.32. The molecule has 0 fully saturated rings. The van der Waals surface area contributed by atoms with Crippen LogP contribution < -0.4 is 15.8 Å². The van der Waals surface area contributed by atoms with Crippen molar-refractivity contribution in [2.24, 2.45) is 5.73 Å². The number of benzene rings is 1. The van der Waals surface area contributed by atoms with E-state index in [4.69, 9.17) is 15.2 Å². The predicted octanol–water partition coefficient (Wildman–Crippen LogP) is 3.57. The van der Waals surface area contributed by atoms with Crippen molar-refractivity contribution in [3.8, 4) is 5.75 Å². The van der Waals surface area contributed by atoms with E-state index in [1.54, 1.807) is 20.8 Å². The van der Waals surface area contributed by atoms with Crippen LogP contribution in [0.4, 0.5) is 4.79 Å². The number of carbonyl (C=O) groups excluding carboxylic acids is 2. The molecule has 0 heterocycles. The van der Waals surface area contributed by atoms with Crippen LogP contribution in [0.3, 0.4) is 0 Å². The average Bonchev–Trinajstić information content (AvgIpc) is 2.44. The average molecular weight is 364 g/mol. The summed E-state index contributed by atoms with van der Waals surface area (Å²) >= 11 is 0. The normalized spacial score (nSPS) is 13.0. The van der Waals surface area contributed by atoms with Gasteiger partial charge in [-0.3, -0.25) is 4.79 Å². The monoisotopic (exact) mass is 364 g/mol. The standard InChI is InChI=1S/C20H32N2O4/c1-19(2,3)25-15-12-10-14(11-13-15)8-7-9-16(17(21)23)22-18(24)26-20(4,5)6/h10-13,16H,7-9H2,1-6H3,(H2,21,23)(H,22,24)/t16-/m1/s1. The fraction of sp³-hybridized carbons (Fsp3) is 0.600. The van der Waals surface area contributed by atoms with Gasteiger partial charge >= 0.3 is 6.09 Å². The minimum Gasteiger partial charge on any atom is -0.488 e. The quantitative estimate of drug-likeness (QED) is 0.774. The van der Waals surface area contributed by atoms with E-state index in [1.165, 1.54) is 0 Å². The first-order valence-corrected chi connectivity index (χ1v) is 8.92. The number of ether oxygens (including phenoxy) is 2.